The molecule has 23 heavy (non-hydrogen) atoms. The molecule has 1 rings (SSSR count). The number of hydrogen-bond acceptors (Lipinski definition) is 5. The Hall–Kier alpha value is -2.09. The van der Waals surface area contributed by atoms with Crippen LogP contribution in [0.3, 0.4) is 0 Å². The van der Waals surface area contributed by atoms with Crippen molar-refractivity contribution in [2.75, 3.05) is 12.4 Å². The van der Waals surface area contributed by atoms with Gasteiger partial charge in [-0.25, -0.2) is 9.18 Å². The Morgan fingerprint density at radius 2 is 2.00 bits per heavy atom. The van der Waals surface area contributed by atoms with E-state index in [1.54, 1.807) is 25.1 Å². The van der Waals surface area contributed by atoms with E-state index in [1.807, 2.05) is 6.92 Å². The first-order chi connectivity index (χ1) is 10.9. The number of imide groups is 1. The van der Waals surface area contributed by atoms with Gasteiger partial charge in [0.2, 0.25) is 0 Å². The predicted octanol–water partition coefficient (Wildman–Crippen LogP) is 2.09. The van der Waals surface area contributed by atoms with Gasteiger partial charge >= 0.3 is 12.0 Å². The second kappa shape index (κ2) is 9.83. The number of ether oxygens (including phenoxy) is 1. The summed E-state index contributed by atoms with van der Waals surface area (Å²) in [5, 5.41) is 4.59. The summed E-state index contributed by atoms with van der Waals surface area (Å²) >= 11 is 0.972. The molecule has 2 N–H and O–H groups in total. The van der Waals surface area contributed by atoms with Crippen molar-refractivity contribution >= 4 is 29.7 Å². The molecule has 0 radical (unpaired) electrons. The SMILES string of the molecule is CC[C@H](C)NC(=O)NC(=O)COC(=O)CSc1ccccc1F. The number of amides is 3. The van der Waals surface area contributed by atoms with Gasteiger partial charge in [0.05, 0.1) is 5.75 Å². The van der Waals surface area contributed by atoms with E-state index in [0.717, 1.165) is 18.2 Å². The topological polar surface area (TPSA) is 84.5 Å². The van der Waals surface area contributed by atoms with Crippen LogP contribution in [-0.2, 0) is 14.3 Å². The number of carbonyl (C=O) groups is 3. The third-order valence-electron chi connectivity index (χ3n) is 2.79. The summed E-state index contributed by atoms with van der Waals surface area (Å²) in [6, 6.07) is 5.33. The smallest absolute Gasteiger partial charge is 0.321 e. The molecule has 0 spiro atoms. The first-order valence-corrected chi connectivity index (χ1v) is 8.04. The number of nitrogens with one attached hydrogen (secondary N) is 2. The number of urea groups is 1. The molecule has 3 amide bonds. The summed E-state index contributed by atoms with van der Waals surface area (Å²) in [4.78, 5) is 34.6. The molecule has 0 unspecified atom stereocenters. The summed E-state index contributed by atoms with van der Waals surface area (Å²) in [6.45, 7) is 3.12. The van der Waals surface area contributed by atoms with E-state index in [1.165, 1.54) is 6.07 Å². The molecule has 6 nitrogen and oxygen atoms in total. The van der Waals surface area contributed by atoms with Crippen LogP contribution in [0.1, 0.15) is 20.3 Å². The maximum Gasteiger partial charge on any atom is 0.321 e. The lowest BCUT2D eigenvalue weighted by atomic mass is 10.3. The van der Waals surface area contributed by atoms with Crippen LogP contribution in [0.5, 0.6) is 0 Å². The number of halogens is 1. The van der Waals surface area contributed by atoms with Gasteiger partial charge in [-0.05, 0) is 25.5 Å². The number of carbonyl (C=O) groups excluding carboxylic acids is 3. The Balaban J connectivity index is 2.26. The molecular formula is C15H19FN2O4S. The van der Waals surface area contributed by atoms with E-state index in [0.29, 0.717) is 4.90 Å². The van der Waals surface area contributed by atoms with Gasteiger partial charge in [-0.15, -0.1) is 11.8 Å². The summed E-state index contributed by atoms with van der Waals surface area (Å²) in [7, 11) is 0. The molecule has 0 heterocycles. The molecule has 0 saturated carbocycles. The quantitative estimate of drug-likeness (QED) is 0.585. The lowest BCUT2D eigenvalue weighted by molar-refractivity contribution is -0.145. The Morgan fingerprint density at radius 1 is 1.30 bits per heavy atom. The minimum Gasteiger partial charge on any atom is -0.455 e. The van der Waals surface area contributed by atoms with Gasteiger partial charge in [0, 0.05) is 10.9 Å². The third kappa shape index (κ3) is 7.64. The molecule has 0 aliphatic rings. The average Bonchev–Trinajstić information content (AvgIpc) is 2.51. The fourth-order valence-electron chi connectivity index (χ4n) is 1.41. The van der Waals surface area contributed by atoms with Crippen LogP contribution in [0.2, 0.25) is 0 Å². The van der Waals surface area contributed by atoms with E-state index < -0.39 is 30.3 Å². The Morgan fingerprint density at radius 3 is 2.65 bits per heavy atom. The minimum atomic E-state index is -0.727. The molecule has 126 valence electrons. The zero-order valence-corrected chi connectivity index (χ0v) is 13.7. The molecule has 0 aliphatic carbocycles. The van der Waals surface area contributed by atoms with Crippen molar-refractivity contribution in [3.8, 4) is 0 Å². The fourth-order valence-corrected chi connectivity index (χ4v) is 2.15. The lowest BCUT2D eigenvalue weighted by Gasteiger charge is -2.11. The van der Waals surface area contributed by atoms with Gasteiger partial charge in [-0.2, -0.15) is 0 Å². The van der Waals surface area contributed by atoms with E-state index in [-0.39, 0.29) is 11.8 Å². The zero-order valence-electron chi connectivity index (χ0n) is 12.9. The second-order valence-electron chi connectivity index (χ2n) is 4.71. The van der Waals surface area contributed by atoms with Crippen LogP contribution in [-0.4, -0.2) is 36.3 Å². The molecule has 0 saturated heterocycles. The second-order valence-corrected chi connectivity index (χ2v) is 5.73. The zero-order chi connectivity index (χ0) is 17.2. The van der Waals surface area contributed by atoms with Crippen molar-refractivity contribution in [2.45, 2.75) is 31.2 Å². The molecule has 0 aliphatic heterocycles. The standard InChI is InChI=1S/C15H19FN2O4S/c1-3-10(2)17-15(21)18-13(19)8-22-14(20)9-23-12-7-5-4-6-11(12)16/h4-7,10H,3,8-9H2,1-2H3,(H2,17,18,19,21)/t10-/m0/s1. The third-order valence-corrected chi connectivity index (χ3v) is 3.81. The highest BCUT2D eigenvalue weighted by molar-refractivity contribution is 8.00. The van der Waals surface area contributed by atoms with Gasteiger partial charge in [-0.1, -0.05) is 19.1 Å². The van der Waals surface area contributed by atoms with E-state index in [2.05, 4.69) is 10.6 Å². The molecule has 1 aromatic rings. The van der Waals surface area contributed by atoms with Crippen LogP contribution in [0, 0.1) is 5.82 Å². The predicted molar refractivity (Wildman–Crippen MR) is 84.5 cm³/mol. The molecular weight excluding hydrogens is 323 g/mol. The maximum atomic E-state index is 13.3. The summed E-state index contributed by atoms with van der Waals surface area (Å²) in [5.74, 6) is -1.96. The summed E-state index contributed by atoms with van der Waals surface area (Å²) in [6.07, 6.45) is 0.726. The molecule has 1 atom stereocenters. The number of hydrogen-bond donors (Lipinski definition) is 2. The molecule has 8 heteroatoms. The van der Waals surface area contributed by atoms with E-state index in [9.17, 15) is 18.8 Å². The number of esters is 1. The van der Waals surface area contributed by atoms with Crippen molar-refractivity contribution < 1.29 is 23.5 Å². The Labute approximate surface area is 138 Å². The first-order valence-electron chi connectivity index (χ1n) is 7.05. The highest BCUT2D eigenvalue weighted by atomic mass is 32.2. The van der Waals surface area contributed by atoms with Crippen molar-refractivity contribution in [3.05, 3.63) is 30.1 Å². The highest BCUT2D eigenvalue weighted by Crippen LogP contribution is 2.20. The van der Waals surface area contributed by atoms with Gasteiger partial charge in [0.1, 0.15) is 5.82 Å². The van der Waals surface area contributed by atoms with Gasteiger partial charge < -0.3 is 10.1 Å². The van der Waals surface area contributed by atoms with E-state index >= 15 is 0 Å². The summed E-state index contributed by atoms with van der Waals surface area (Å²) in [5.41, 5.74) is 0. The number of rotatable bonds is 7. The van der Waals surface area contributed by atoms with Crippen LogP contribution >= 0.6 is 11.8 Å². The van der Waals surface area contributed by atoms with Crippen LogP contribution in [0.4, 0.5) is 9.18 Å². The van der Waals surface area contributed by atoms with Gasteiger partial charge in [0.15, 0.2) is 6.61 Å². The molecule has 1 aromatic carbocycles. The Kier molecular flexibility index (Phi) is 8.10. The fraction of sp³-hybridized carbons (Fsp3) is 0.400. The maximum absolute atomic E-state index is 13.3. The summed E-state index contributed by atoms with van der Waals surface area (Å²) < 4.78 is 18.1. The molecule has 0 aromatic heterocycles. The highest BCUT2D eigenvalue weighted by Gasteiger charge is 2.13. The van der Waals surface area contributed by atoms with Gasteiger partial charge in [-0.3, -0.25) is 14.9 Å². The lowest BCUT2D eigenvalue weighted by Crippen LogP contribution is -2.44. The molecule has 0 bridgehead atoms. The van der Waals surface area contributed by atoms with Crippen LogP contribution < -0.4 is 10.6 Å². The van der Waals surface area contributed by atoms with Crippen LogP contribution in [0.15, 0.2) is 29.2 Å². The largest absolute Gasteiger partial charge is 0.455 e. The molecule has 0 fully saturated rings. The monoisotopic (exact) mass is 342 g/mol. The van der Waals surface area contributed by atoms with Crippen LogP contribution in [0.25, 0.3) is 0 Å². The van der Waals surface area contributed by atoms with Crippen molar-refractivity contribution in [1.82, 2.24) is 10.6 Å². The first kappa shape index (κ1) is 19.0. The van der Waals surface area contributed by atoms with Gasteiger partial charge in [0.25, 0.3) is 5.91 Å². The Bertz CT molecular complexity index is 568. The normalized spacial score (nSPS) is 11.4. The van der Waals surface area contributed by atoms with E-state index in [4.69, 9.17) is 4.74 Å². The number of thioether (sulfide) groups is 1. The van der Waals surface area contributed by atoms with Crippen molar-refractivity contribution in [2.24, 2.45) is 0 Å². The average molecular weight is 342 g/mol. The van der Waals surface area contributed by atoms with Crippen molar-refractivity contribution in [3.63, 3.8) is 0 Å². The minimum absolute atomic E-state index is 0.0671. The van der Waals surface area contributed by atoms with Crippen molar-refractivity contribution in [1.29, 1.82) is 0 Å². The number of benzene rings is 1.